The van der Waals surface area contributed by atoms with Crippen molar-refractivity contribution < 1.29 is 118 Å². The summed E-state index contributed by atoms with van der Waals surface area (Å²) in [5, 5.41) is 0. The third kappa shape index (κ3) is 20.6. The van der Waals surface area contributed by atoms with Crippen LogP contribution in [-0.2, 0) is 108 Å². The van der Waals surface area contributed by atoms with Gasteiger partial charge in [0.15, 0.2) is 42.6 Å². The zero-order chi connectivity index (χ0) is 94.1. The van der Waals surface area contributed by atoms with E-state index in [9.17, 15) is 0 Å². The second kappa shape index (κ2) is 44.7. The van der Waals surface area contributed by atoms with Gasteiger partial charge in [-0.15, -0.1) is 65.7 Å². The molecule has 5 radical (unpaired) electrons. The van der Waals surface area contributed by atoms with Crippen molar-refractivity contribution in [1.29, 1.82) is 0 Å². The molecule has 24 rings (SSSR count). The maximum atomic E-state index is 5.47. The molecular weight excluding hydrogens is 2660 g/mol. The van der Waals surface area contributed by atoms with Crippen LogP contribution in [0.3, 0.4) is 0 Å². The number of hydrogen-bond donors (Lipinski definition) is 0. The molecule has 0 atom stereocenters. The van der Waals surface area contributed by atoms with E-state index >= 15 is 0 Å². The third-order valence-corrected chi connectivity index (χ3v) is 24.2. The molecule has 11 aromatic carbocycles. The fraction of sp³-hybridized carbons (Fsp3) is 0.133. The number of benzene rings is 11. The van der Waals surface area contributed by atoms with Crippen molar-refractivity contribution in [3.63, 3.8) is 0 Å². The SMILES string of the molecule is CC(C)c1cccc(C(C)C)c1-n1ccnc1-c1[c-]nc2ocnc2n1.Cc1cc(-c2ccccc2)cc(C)c1-n1c(C)cnc1-c1[c-]cc2c(c1)ncn2C.Cc1cc(C)c(-n2ccnc2-c2[c-]nc3ocnc3c2)c(C)c1.Cc1cccc(C)c1-n1ccnc1-c1[c-]cc2ocnc2n1.[Ir].[Ir].[Ir].[Ir].[Ir].[c-]1cc2ocnc2cc1-c1nc2ccccc2n1-c1c(-c2ccccc2)cccc1-c1ccccc1. The molecule has 0 aliphatic carbocycles. The molecule has 0 bridgehead atoms. The van der Waals surface area contributed by atoms with Gasteiger partial charge in [0.25, 0.3) is 0 Å². The average Bonchev–Trinajstić information content (AvgIpc) is 1.58. The van der Waals surface area contributed by atoms with Crippen molar-refractivity contribution in [2.75, 3.05) is 0 Å². The number of aromatic nitrogens is 20. The number of rotatable bonds is 15. The Bertz CT molecular complexity index is 8390. The summed E-state index contributed by atoms with van der Waals surface area (Å²) in [4.78, 5) is 61.8. The van der Waals surface area contributed by atoms with E-state index in [1.165, 1.54) is 92.5 Å². The summed E-state index contributed by atoms with van der Waals surface area (Å²) in [6.07, 6.45) is 26.4. The predicted molar refractivity (Wildman–Crippen MR) is 535 cm³/mol. The van der Waals surface area contributed by atoms with Gasteiger partial charge >= 0.3 is 0 Å². The maximum absolute atomic E-state index is 5.47. The Morgan fingerprint density at radius 2 is 0.824 bits per heavy atom. The van der Waals surface area contributed by atoms with Crippen molar-refractivity contribution >= 4 is 67.0 Å². The van der Waals surface area contributed by atoms with Crippen LogP contribution in [0.2, 0.25) is 0 Å². The van der Waals surface area contributed by atoms with Gasteiger partial charge in [-0.25, -0.2) is 19.9 Å². The van der Waals surface area contributed by atoms with Crippen molar-refractivity contribution in [2.45, 2.75) is 94.9 Å². The van der Waals surface area contributed by atoms with Gasteiger partial charge in [0.1, 0.15) is 5.65 Å². The second-order valence-electron chi connectivity index (χ2n) is 34.2. The minimum Gasteiger partial charge on any atom is -0.503 e. The van der Waals surface area contributed by atoms with Gasteiger partial charge in [-0.2, -0.15) is 0 Å². The second-order valence-corrected chi connectivity index (χ2v) is 34.2. The average molecular weight is 2750 g/mol. The van der Waals surface area contributed by atoms with Gasteiger partial charge in [0.05, 0.1) is 63.3 Å². The zero-order valence-corrected chi connectivity index (χ0v) is 91.2. The van der Waals surface area contributed by atoms with Crippen LogP contribution in [0.1, 0.15) is 95.3 Å². The van der Waals surface area contributed by atoms with Crippen molar-refractivity contribution in [1.82, 2.24) is 97.2 Å². The number of para-hydroxylation sites is 5. The van der Waals surface area contributed by atoms with Crippen LogP contribution < -0.4 is 0 Å². The summed E-state index contributed by atoms with van der Waals surface area (Å²) >= 11 is 0. The van der Waals surface area contributed by atoms with E-state index in [4.69, 9.17) is 27.6 Å². The fourth-order valence-corrected chi connectivity index (χ4v) is 18.0. The summed E-state index contributed by atoms with van der Waals surface area (Å²) in [7, 11) is 1.99. The largest absolute Gasteiger partial charge is 0.503 e. The van der Waals surface area contributed by atoms with Crippen LogP contribution in [0.5, 0.6) is 0 Å². The van der Waals surface area contributed by atoms with Crippen molar-refractivity contribution in [3.8, 4) is 119 Å². The van der Waals surface area contributed by atoms with E-state index in [0.29, 0.717) is 68.5 Å². The molecule has 0 fully saturated rings. The first-order valence-corrected chi connectivity index (χ1v) is 45.0. The summed E-state index contributed by atoms with van der Waals surface area (Å²) in [6.45, 7) is 25.7. The molecule has 0 saturated carbocycles. The van der Waals surface area contributed by atoms with E-state index in [2.05, 4.69) is 368 Å². The first kappa shape index (κ1) is 102. The van der Waals surface area contributed by atoms with Gasteiger partial charge in [0, 0.05) is 213 Å². The van der Waals surface area contributed by atoms with E-state index in [1.54, 1.807) is 24.7 Å². The third-order valence-electron chi connectivity index (χ3n) is 24.2. The van der Waals surface area contributed by atoms with Crippen LogP contribution in [-0.4, -0.2) is 97.2 Å². The molecule has 13 aromatic heterocycles. The van der Waals surface area contributed by atoms with Gasteiger partial charge in [-0.1, -0.05) is 209 Å². The van der Waals surface area contributed by atoms with E-state index < -0.39 is 0 Å². The molecule has 0 aliphatic rings. The molecule has 24 nitrogen and oxygen atoms in total. The molecule has 0 spiro atoms. The van der Waals surface area contributed by atoms with Crippen LogP contribution in [0.4, 0.5) is 0 Å². The Morgan fingerprint density at radius 1 is 0.324 bits per heavy atom. The number of aryl methyl sites for hydroxylation is 9. The first-order valence-electron chi connectivity index (χ1n) is 45.0. The van der Waals surface area contributed by atoms with Crippen LogP contribution in [0.25, 0.3) is 186 Å². The monoisotopic (exact) mass is 2760 g/mol. The van der Waals surface area contributed by atoms with Gasteiger partial charge < -0.3 is 55.0 Å². The number of imidazole rings is 6. The van der Waals surface area contributed by atoms with E-state index in [0.717, 1.165) is 118 Å². The van der Waals surface area contributed by atoms with Crippen LogP contribution >= 0.6 is 0 Å². The number of fused-ring (bicyclic) bond motifs is 6. The Labute approximate surface area is 887 Å². The molecule has 0 N–H and O–H groups in total. The van der Waals surface area contributed by atoms with Crippen LogP contribution in [0.15, 0.2) is 323 Å². The molecule has 13 heterocycles. The number of nitrogens with zero attached hydrogens (tertiary/aromatic N) is 20. The summed E-state index contributed by atoms with van der Waals surface area (Å²) in [5.74, 6) is 4.68. The summed E-state index contributed by atoms with van der Waals surface area (Å²) in [6, 6.07) is 89.3. The molecule has 0 unspecified atom stereocenters. The minimum atomic E-state index is 0. The molecule has 0 aliphatic heterocycles. The fourth-order valence-electron chi connectivity index (χ4n) is 18.0. The molecule has 0 saturated heterocycles. The smallest absolute Gasteiger partial charge is 0.170 e. The van der Waals surface area contributed by atoms with Gasteiger partial charge in [-0.3, -0.25) is 39.9 Å². The number of hydrogen-bond acceptors (Lipinski definition) is 18. The zero-order valence-electron chi connectivity index (χ0n) is 79.3. The van der Waals surface area contributed by atoms with E-state index in [-0.39, 0.29) is 101 Å². The Morgan fingerprint density at radius 3 is 1.49 bits per heavy atom. The van der Waals surface area contributed by atoms with Crippen LogP contribution in [0, 0.1) is 86.0 Å². The predicted octanol–water partition coefficient (Wildman–Crippen LogP) is 25.6. The molecule has 142 heavy (non-hydrogen) atoms. The standard InChI is InChI=1S/C32H20N3O.C26H23N4.C20H20N5O.C18H15N4O.C17H13N4O.5Ir/c1-3-10-22(11-4-1)25-14-9-15-26(23-12-5-2-6-13-23)31(25)35-29-17-8-7-16-27(29)34-32(35)24-18-19-30-28(20-24)33-21-36-30;1-17-12-22(20-8-6-5-7-9-20)13-18(2)25(17)30-19(3)15-27-26(30)21-10-11-24-23(14-21)28-16-29(24)4;1-12(2)14-6-5-7-15(13(3)4)17(14)25-9-8-21-19(25)16-10-22-20-18(24-16)23-11-26-20;1-11-6-12(2)16(13(3)7-11)22-5-4-19-17(22)14-8-15-18(20-9-14)23-10-21-15;1-11-4-3-5-12(2)15(11)21-9-8-18-17(21)13-6-7-14-16(20-13)19-10-22-14;;;;;/h1-17,19-21H;5-9,11-16H,1-4H3;5-9,11-13H,1-4H3;4-8,10H,1-3H3;3-5,7-10H,1-2H3;;;;;/q5*-1;;;;;. The number of oxazole rings is 4. The van der Waals surface area contributed by atoms with E-state index in [1.807, 2.05) is 95.8 Å². The summed E-state index contributed by atoms with van der Waals surface area (Å²) < 4.78 is 33.7. The quantitative estimate of drug-likeness (QED) is 0.0863. The Kier molecular flexibility index (Phi) is 32.1. The first-order chi connectivity index (χ1) is 66.8. The topological polar surface area (TPSA) is 263 Å². The Balaban J connectivity index is 0.000000134. The summed E-state index contributed by atoms with van der Waals surface area (Å²) in [5.41, 5.74) is 37.2. The molecule has 0 amide bonds. The minimum absolute atomic E-state index is 0. The van der Waals surface area contributed by atoms with Gasteiger partial charge in [-0.05, 0) is 182 Å². The molecule has 717 valence electrons. The van der Waals surface area contributed by atoms with Gasteiger partial charge in [0.2, 0.25) is 0 Å². The normalized spacial score (nSPS) is 11.0. The molecule has 24 aromatic rings. The van der Waals surface area contributed by atoms with Crippen molar-refractivity contribution in [2.24, 2.45) is 7.05 Å². The maximum Gasteiger partial charge on any atom is 0.170 e. The molecule has 29 heteroatoms. The molecular formula is C113H91Ir5N20O4-5. The Hall–Kier alpha value is -14.3. The number of pyridine rings is 2. The van der Waals surface area contributed by atoms with Crippen molar-refractivity contribution in [3.05, 3.63) is 392 Å².